The van der Waals surface area contributed by atoms with Gasteiger partial charge in [-0.2, -0.15) is 0 Å². The van der Waals surface area contributed by atoms with Crippen LogP contribution >= 0.6 is 27.3 Å². The Bertz CT molecular complexity index is 1200. The molecule has 0 bridgehead atoms. The maximum Gasteiger partial charge on any atom is 0.266 e. The molecule has 3 heterocycles. The molecule has 0 aliphatic heterocycles. The van der Waals surface area contributed by atoms with Crippen LogP contribution in [0.5, 0.6) is 0 Å². The topological polar surface area (TPSA) is 63.5 Å². The second kappa shape index (κ2) is 6.05. The summed E-state index contributed by atoms with van der Waals surface area (Å²) >= 11 is 4.26. The first-order valence-electron chi connectivity index (χ1n) is 7.20. The van der Waals surface area contributed by atoms with E-state index in [1.807, 2.05) is 0 Å². The monoisotopic (exact) mass is 417 g/mol. The summed E-state index contributed by atoms with van der Waals surface area (Å²) in [5.74, 6) is -1.04. The lowest BCUT2D eigenvalue weighted by atomic mass is 10.3. The molecule has 3 aromatic heterocycles. The van der Waals surface area contributed by atoms with Gasteiger partial charge in [-0.3, -0.25) is 14.0 Å². The van der Waals surface area contributed by atoms with Gasteiger partial charge in [0.05, 0.1) is 16.0 Å². The largest absolute Gasteiger partial charge is 0.319 e. The second-order valence-electron chi connectivity index (χ2n) is 5.25. The Labute approximate surface area is 152 Å². The lowest BCUT2D eigenvalue weighted by molar-refractivity contribution is 0.103. The number of rotatable bonds is 2. The number of nitrogens with zero attached hydrogens (tertiary/aromatic N) is 2. The number of aromatic nitrogens is 2. The van der Waals surface area contributed by atoms with Crippen LogP contribution in [0.25, 0.3) is 15.9 Å². The number of halogens is 2. The summed E-state index contributed by atoms with van der Waals surface area (Å²) in [6.45, 7) is 0. The molecule has 4 rings (SSSR count). The van der Waals surface area contributed by atoms with Gasteiger partial charge in [-0.15, -0.1) is 11.3 Å². The van der Waals surface area contributed by atoms with Gasteiger partial charge in [-0.25, -0.2) is 9.37 Å². The molecule has 0 aliphatic carbocycles. The van der Waals surface area contributed by atoms with Crippen molar-refractivity contribution in [3.05, 3.63) is 74.2 Å². The number of thiophene rings is 1. The predicted molar refractivity (Wildman–Crippen MR) is 98.9 cm³/mol. The maximum atomic E-state index is 13.9. The van der Waals surface area contributed by atoms with Crippen molar-refractivity contribution in [2.45, 2.75) is 0 Å². The van der Waals surface area contributed by atoms with E-state index >= 15 is 0 Å². The van der Waals surface area contributed by atoms with Crippen molar-refractivity contribution in [1.29, 1.82) is 0 Å². The number of fused-ring (bicyclic) bond motifs is 2. The Balaban J connectivity index is 1.76. The molecule has 0 spiro atoms. The molecule has 124 valence electrons. The van der Waals surface area contributed by atoms with E-state index in [0.29, 0.717) is 20.3 Å². The smallest absolute Gasteiger partial charge is 0.266 e. The van der Waals surface area contributed by atoms with E-state index in [1.54, 1.807) is 30.5 Å². The van der Waals surface area contributed by atoms with Crippen molar-refractivity contribution in [2.24, 2.45) is 0 Å². The lowest BCUT2D eigenvalue weighted by Gasteiger charge is -2.04. The van der Waals surface area contributed by atoms with Crippen molar-refractivity contribution in [1.82, 2.24) is 9.38 Å². The Kier molecular flexibility index (Phi) is 3.85. The molecule has 0 saturated heterocycles. The first-order chi connectivity index (χ1) is 12.0. The van der Waals surface area contributed by atoms with Gasteiger partial charge in [0, 0.05) is 10.7 Å². The van der Waals surface area contributed by atoms with E-state index in [-0.39, 0.29) is 16.1 Å². The maximum absolute atomic E-state index is 13.9. The van der Waals surface area contributed by atoms with Crippen LogP contribution < -0.4 is 10.9 Å². The number of pyridine rings is 1. The summed E-state index contributed by atoms with van der Waals surface area (Å²) in [4.78, 5) is 30.1. The van der Waals surface area contributed by atoms with E-state index < -0.39 is 11.7 Å². The first kappa shape index (κ1) is 15.9. The number of anilines is 1. The van der Waals surface area contributed by atoms with Crippen molar-refractivity contribution in [2.75, 3.05) is 5.32 Å². The Morgan fingerprint density at radius 3 is 2.88 bits per heavy atom. The molecule has 0 radical (unpaired) electrons. The molecule has 0 saturated carbocycles. The normalized spacial score (nSPS) is 11.1. The highest BCUT2D eigenvalue weighted by Gasteiger charge is 2.16. The molecule has 0 fully saturated rings. The van der Waals surface area contributed by atoms with Crippen LogP contribution in [-0.2, 0) is 0 Å². The number of hydrogen-bond donors (Lipinski definition) is 1. The van der Waals surface area contributed by atoms with E-state index in [0.717, 1.165) is 11.3 Å². The average molecular weight is 418 g/mol. The number of hydrogen-bond acceptors (Lipinski definition) is 4. The van der Waals surface area contributed by atoms with Crippen molar-refractivity contribution in [3.63, 3.8) is 0 Å². The minimum atomic E-state index is -0.548. The van der Waals surface area contributed by atoms with E-state index in [2.05, 4.69) is 26.2 Å². The van der Waals surface area contributed by atoms with Crippen molar-refractivity contribution < 1.29 is 9.18 Å². The molecule has 8 heteroatoms. The minimum Gasteiger partial charge on any atom is -0.319 e. The predicted octanol–water partition coefficient (Wildman–Crippen LogP) is 4.06. The van der Waals surface area contributed by atoms with Crippen LogP contribution in [0.3, 0.4) is 0 Å². The lowest BCUT2D eigenvalue weighted by Crippen LogP contribution is -2.14. The molecule has 25 heavy (non-hydrogen) atoms. The van der Waals surface area contributed by atoms with Gasteiger partial charge in [-0.05, 0) is 36.4 Å². The fourth-order valence-corrected chi connectivity index (χ4v) is 3.69. The molecule has 0 unspecified atom stereocenters. The van der Waals surface area contributed by atoms with E-state index in [4.69, 9.17) is 0 Å². The third-order valence-electron chi connectivity index (χ3n) is 3.62. The zero-order chi connectivity index (χ0) is 17.6. The van der Waals surface area contributed by atoms with Crippen molar-refractivity contribution in [3.8, 4) is 0 Å². The highest BCUT2D eigenvalue weighted by Crippen LogP contribution is 2.24. The highest BCUT2D eigenvalue weighted by molar-refractivity contribution is 9.10. The average Bonchev–Trinajstić information content (AvgIpc) is 3.02. The zero-order valence-electron chi connectivity index (χ0n) is 12.5. The summed E-state index contributed by atoms with van der Waals surface area (Å²) in [6, 6.07) is 11.1. The van der Waals surface area contributed by atoms with Gasteiger partial charge < -0.3 is 5.32 Å². The number of carbonyl (C=O) groups excluding carboxylic acids is 1. The summed E-state index contributed by atoms with van der Waals surface area (Å²) < 4.78 is 15.9. The number of benzene rings is 1. The highest BCUT2D eigenvalue weighted by atomic mass is 79.9. The van der Waals surface area contributed by atoms with Crippen LogP contribution in [-0.4, -0.2) is 15.3 Å². The van der Waals surface area contributed by atoms with Gasteiger partial charge >= 0.3 is 0 Å². The van der Waals surface area contributed by atoms with Gasteiger partial charge in [-0.1, -0.05) is 22.0 Å². The van der Waals surface area contributed by atoms with Gasteiger partial charge in [0.1, 0.15) is 16.3 Å². The molecule has 1 amide bonds. The quantitative estimate of drug-likeness (QED) is 0.534. The third kappa shape index (κ3) is 2.83. The Morgan fingerprint density at radius 1 is 1.24 bits per heavy atom. The van der Waals surface area contributed by atoms with Gasteiger partial charge in [0.2, 0.25) is 0 Å². The van der Waals surface area contributed by atoms with E-state index in [9.17, 15) is 14.0 Å². The standard InChI is InChI=1S/C17H9BrFN3O2S/c18-9-4-5-12(11(19)7-9)20-15(23)13-8-10-16(25-13)21-14-3-1-2-6-22(14)17(10)24/h1-8H,(H,20,23). The first-order valence-corrected chi connectivity index (χ1v) is 8.81. The molecule has 0 atom stereocenters. The molecule has 1 aromatic carbocycles. The number of carbonyl (C=O) groups is 1. The molecular formula is C17H9BrFN3O2S. The van der Waals surface area contributed by atoms with Crippen molar-refractivity contribution >= 4 is 54.7 Å². The molecule has 5 nitrogen and oxygen atoms in total. The van der Waals surface area contributed by atoms with E-state index in [1.165, 1.54) is 22.6 Å². The summed E-state index contributed by atoms with van der Waals surface area (Å²) in [5.41, 5.74) is 0.332. The molecule has 0 aliphatic rings. The SMILES string of the molecule is O=C(Nc1ccc(Br)cc1F)c1cc2c(=O)n3ccccc3nc2s1. The van der Waals surface area contributed by atoms with Crippen LogP contribution in [0.15, 0.2) is 57.9 Å². The Morgan fingerprint density at radius 2 is 2.08 bits per heavy atom. The zero-order valence-corrected chi connectivity index (χ0v) is 14.9. The molecule has 1 N–H and O–H groups in total. The minimum absolute atomic E-state index is 0.0699. The van der Waals surface area contributed by atoms with Gasteiger partial charge in [0.15, 0.2) is 0 Å². The van der Waals surface area contributed by atoms with Crippen LogP contribution in [0, 0.1) is 5.82 Å². The van der Waals surface area contributed by atoms with Gasteiger partial charge in [0.25, 0.3) is 11.5 Å². The second-order valence-corrected chi connectivity index (χ2v) is 7.20. The van der Waals surface area contributed by atoms with Crippen LogP contribution in [0.4, 0.5) is 10.1 Å². The molecular weight excluding hydrogens is 409 g/mol. The molecule has 4 aromatic rings. The fraction of sp³-hybridized carbons (Fsp3) is 0. The Hall–Kier alpha value is -2.58. The third-order valence-corrected chi connectivity index (χ3v) is 5.14. The number of nitrogens with one attached hydrogen (secondary N) is 1. The summed E-state index contributed by atoms with van der Waals surface area (Å²) in [7, 11) is 0. The number of amides is 1. The van der Waals surface area contributed by atoms with Crippen LogP contribution in [0.2, 0.25) is 0 Å². The van der Waals surface area contributed by atoms with Crippen LogP contribution in [0.1, 0.15) is 9.67 Å². The summed E-state index contributed by atoms with van der Waals surface area (Å²) in [6.07, 6.45) is 1.62. The summed E-state index contributed by atoms with van der Waals surface area (Å²) in [5, 5.41) is 2.87. The fourth-order valence-electron chi connectivity index (χ4n) is 2.44.